The number of fused-ring (bicyclic) bond motifs is 1. The third-order valence-electron chi connectivity index (χ3n) is 6.71. The number of carbonyl (C=O) groups is 1. The highest BCUT2D eigenvalue weighted by atomic mass is 32.1. The van der Waals surface area contributed by atoms with Crippen LogP contribution in [0.2, 0.25) is 0 Å². The van der Waals surface area contributed by atoms with Crippen molar-refractivity contribution >= 4 is 23.4 Å². The van der Waals surface area contributed by atoms with Gasteiger partial charge in [-0.2, -0.15) is 5.26 Å². The lowest BCUT2D eigenvalue weighted by molar-refractivity contribution is -0.143. The van der Waals surface area contributed by atoms with Gasteiger partial charge < -0.3 is 14.2 Å². The van der Waals surface area contributed by atoms with Gasteiger partial charge in [0.25, 0.3) is 5.56 Å². The number of esters is 1. The summed E-state index contributed by atoms with van der Waals surface area (Å²) in [7, 11) is 1.55. The van der Waals surface area contributed by atoms with E-state index in [1.54, 1.807) is 56.7 Å². The Morgan fingerprint density at radius 1 is 1.10 bits per heavy atom. The summed E-state index contributed by atoms with van der Waals surface area (Å²) in [5.41, 5.74) is 3.44. The number of rotatable bonds is 8. The number of allylic oxidation sites excluding steroid dienone is 1. The average molecular weight is 580 g/mol. The van der Waals surface area contributed by atoms with Crippen LogP contribution in [0.15, 0.2) is 93.9 Å². The molecule has 2 heterocycles. The molecule has 0 amide bonds. The van der Waals surface area contributed by atoms with Crippen LogP contribution in [0.3, 0.4) is 0 Å². The number of aromatic nitrogens is 1. The lowest BCUT2D eigenvalue weighted by atomic mass is 9.96. The second-order valence-electron chi connectivity index (χ2n) is 9.91. The average Bonchev–Trinajstić information content (AvgIpc) is 3.29. The summed E-state index contributed by atoms with van der Waals surface area (Å²) in [6.45, 7) is 5.55. The number of hydrogen-bond acceptors (Lipinski definition) is 8. The molecule has 0 spiro atoms. The first-order valence-corrected chi connectivity index (χ1v) is 14.2. The number of carbonyl (C=O) groups excluding carboxylic acids is 1. The van der Waals surface area contributed by atoms with E-state index in [4.69, 9.17) is 14.2 Å². The molecular formula is C33H29N3O5S. The molecule has 5 rings (SSSR count). The summed E-state index contributed by atoms with van der Waals surface area (Å²) < 4.78 is 19.1. The van der Waals surface area contributed by atoms with Gasteiger partial charge in [0, 0.05) is 5.56 Å². The molecule has 9 heteroatoms. The molecule has 0 N–H and O–H groups in total. The Morgan fingerprint density at radius 2 is 1.83 bits per heavy atom. The molecule has 3 aromatic carbocycles. The largest absolute Gasteiger partial charge is 0.493 e. The van der Waals surface area contributed by atoms with Gasteiger partial charge in [0.2, 0.25) is 0 Å². The first kappa shape index (κ1) is 28.6. The number of ether oxygens (including phenoxy) is 3. The molecule has 0 fully saturated rings. The lowest BCUT2D eigenvalue weighted by Crippen LogP contribution is -2.40. The van der Waals surface area contributed by atoms with E-state index in [1.807, 2.05) is 54.6 Å². The molecular weight excluding hydrogens is 550 g/mol. The van der Waals surface area contributed by atoms with Gasteiger partial charge in [-0.1, -0.05) is 65.9 Å². The maximum absolute atomic E-state index is 13.9. The normalized spacial score (nSPS) is 14.7. The predicted octanol–water partition coefficient (Wildman–Crippen LogP) is 4.65. The van der Waals surface area contributed by atoms with Crippen molar-refractivity contribution in [3.8, 4) is 17.6 Å². The van der Waals surface area contributed by atoms with E-state index in [0.29, 0.717) is 37.7 Å². The van der Waals surface area contributed by atoms with E-state index in [2.05, 4.69) is 11.1 Å². The van der Waals surface area contributed by atoms with Gasteiger partial charge in [0.1, 0.15) is 6.61 Å². The van der Waals surface area contributed by atoms with Crippen LogP contribution < -0.4 is 24.4 Å². The molecule has 212 valence electrons. The van der Waals surface area contributed by atoms with Crippen molar-refractivity contribution in [2.24, 2.45) is 4.99 Å². The SMILES string of the molecule is COc1cc(C=c2sc3n(c2=O)C(c2ccccc2)C(C(=O)OC(C)C)=C(C)N=3)ccc1OCc1ccccc1C#N. The molecule has 4 aromatic rings. The number of nitrogens with zero attached hydrogens (tertiary/aromatic N) is 3. The monoisotopic (exact) mass is 579 g/mol. The zero-order valence-electron chi connectivity index (χ0n) is 23.7. The van der Waals surface area contributed by atoms with E-state index in [0.717, 1.165) is 16.7 Å². The van der Waals surface area contributed by atoms with Crippen molar-refractivity contribution in [3.63, 3.8) is 0 Å². The molecule has 1 aliphatic heterocycles. The fraction of sp³-hybridized carbons (Fsp3) is 0.212. The van der Waals surface area contributed by atoms with Crippen LogP contribution in [0.4, 0.5) is 0 Å². The summed E-state index contributed by atoms with van der Waals surface area (Å²) in [4.78, 5) is 32.2. The third kappa shape index (κ3) is 5.76. The minimum absolute atomic E-state index is 0.207. The Labute approximate surface area is 247 Å². The van der Waals surface area contributed by atoms with Gasteiger partial charge in [-0.15, -0.1) is 0 Å². The maximum atomic E-state index is 13.9. The van der Waals surface area contributed by atoms with Gasteiger partial charge in [0.15, 0.2) is 16.3 Å². The van der Waals surface area contributed by atoms with Crippen LogP contribution in [0, 0.1) is 11.3 Å². The molecule has 1 atom stereocenters. The molecule has 0 saturated carbocycles. The fourth-order valence-electron chi connectivity index (χ4n) is 4.77. The molecule has 1 aliphatic rings. The Bertz CT molecular complexity index is 1900. The van der Waals surface area contributed by atoms with Gasteiger partial charge in [0.05, 0.1) is 46.7 Å². The Morgan fingerprint density at radius 3 is 2.55 bits per heavy atom. The standard InChI is InChI=1S/C33H29N3O5S/c1-20(2)41-32(38)29-21(3)35-33-36(30(29)23-10-6-5-7-11-23)31(37)28(42-33)17-22-14-15-26(27(16-22)39-4)40-19-25-13-9-8-12-24(25)18-34/h5-17,20,30H,19H2,1-4H3. The Hall–Kier alpha value is -4.94. The molecule has 0 bridgehead atoms. The number of methoxy groups -OCH3 is 1. The molecule has 0 aliphatic carbocycles. The van der Waals surface area contributed by atoms with Gasteiger partial charge in [-0.3, -0.25) is 9.36 Å². The van der Waals surface area contributed by atoms with Crippen LogP contribution in [0.5, 0.6) is 11.5 Å². The lowest BCUT2D eigenvalue weighted by Gasteiger charge is -2.25. The van der Waals surface area contributed by atoms with Crippen molar-refractivity contribution in [1.29, 1.82) is 5.26 Å². The van der Waals surface area contributed by atoms with Crippen molar-refractivity contribution < 1.29 is 19.0 Å². The second kappa shape index (κ2) is 12.3. The summed E-state index contributed by atoms with van der Waals surface area (Å²) in [5, 5.41) is 9.36. The quantitative estimate of drug-likeness (QED) is 0.282. The molecule has 1 aromatic heterocycles. The van der Waals surface area contributed by atoms with Gasteiger partial charge in [-0.25, -0.2) is 9.79 Å². The van der Waals surface area contributed by atoms with Crippen LogP contribution in [0.1, 0.15) is 49.1 Å². The zero-order chi connectivity index (χ0) is 29.8. The number of nitriles is 1. The maximum Gasteiger partial charge on any atom is 0.338 e. The summed E-state index contributed by atoms with van der Waals surface area (Å²) >= 11 is 1.26. The molecule has 42 heavy (non-hydrogen) atoms. The first-order valence-electron chi connectivity index (χ1n) is 13.4. The number of benzene rings is 3. The van der Waals surface area contributed by atoms with Crippen LogP contribution >= 0.6 is 11.3 Å². The summed E-state index contributed by atoms with van der Waals surface area (Å²) in [6, 6.07) is 23.6. The van der Waals surface area contributed by atoms with Gasteiger partial charge >= 0.3 is 5.97 Å². The Balaban J connectivity index is 1.53. The summed E-state index contributed by atoms with van der Waals surface area (Å²) in [6.07, 6.45) is 1.45. The van der Waals surface area contributed by atoms with E-state index in [9.17, 15) is 14.9 Å². The van der Waals surface area contributed by atoms with Crippen molar-refractivity contribution in [2.75, 3.05) is 7.11 Å². The van der Waals surface area contributed by atoms with Crippen LogP contribution in [-0.4, -0.2) is 23.8 Å². The van der Waals surface area contributed by atoms with Crippen molar-refractivity contribution in [2.45, 2.75) is 39.5 Å². The van der Waals surface area contributed by atoms with Gasteiger partial charge in [-0.05, 0) is 56.2 Å². The Kier molecular flexibility index (Phi) is 8.36. The minimum atomic E-state index is -0.669. The molecule has 8 nitrogen and oxygen atoms in total. The first-order chi connectivity index (χ1) is 20.3. The van der Waals surface area contributed by atoms with Crippen molar-refractivity contribution in [1.82, 2.24) is 4.57 Å². The highest BCUT2D eigenvalue weighted by molar-refractivity contribution is 7.07. The van der Waals surface area contributed by atoms with E-state index in [-0.39, 0.29) is 18.3 Å². The predicted molar refractivity (Wildman–Crippen MR) is 160 cm³/mol. The van der Waals surface area contributed by atoms with Crippen LogP contribution in [-0.2, 0) is 16.1 Å². The van der Waals surface area contributed by atoms with E-state index < -0.39 is 12.0 Å². The smallest absolute Gasteiger partial charge is 0.338 e. The molecule has 1 unspecified atom stereocenters. The van der Waals surface area contributed by atoms with E-state index >= 15 is 0 Å². The highest BCUT2D eigenvalue weighted by Gasteiger charge is 2.33. The summed E-state index contributed by atoms with van der Waals surface area (Å²) in [5.74, 6) is 0.506. The topological polar surface area (TPSA) is 103 Å². The van der Waals surface area contributed by atoms with Crippen molar-refractivity contribution in [3.05, 3.63) is 126 Å². The van der Waals surface area contributed by atoms with Crippen LogP contribution in [0.25, 0.3) is 6.08 Å². The fourth-order valence-corrected chi connectivity index (χ4v) is 5.81. The molecule has 0 saturated heterocycles. The minimum Gasteiger partial charge on any atom is -0.493 e. The number of thiazole rings is 1. The second-order valence-corrected chi connectivity index (χ2v) is 10.9. The highest BCUT2D eigenvalue weighted by Crippen LogP contribution is 2.31. The number of hydrogen-bond donors (Lipinski definition) is 0. The zero-order valence-corrected chi connectivity index (χ0v) is 24.5. The molecule has 0 radical (unpaired) electrons. The third-order valence-corrected chi connectivity index (χ3v) is 7.69. The van der Waals surface area contributed by atoms with E-state index in [1.165, 1.54) is 11.3 Å².